The number of carbonyl (C=O) groups excluding carboxylic acids is 1. The first kappa shape index (κ1) is 17.6. The van der Waals surface area contributed by atoms with Gasteiger partial charge in [0.05, 0.1) is 5.02 Å². The highest BCUT2D eigenvalue weighted by Gasteiger charge is 2.22. The molecule has 7 heteroatoms. The molecule has 0 saturated heterocycles. The van der Waals surface area contributed by atoms with Crippen molar-refractivity contribution in [3.63, 3.8) is 0 Å². The highest BCUT2D eigenvalue weighted by atomic mass is 35.5. The number of amides is 1. The first-order valence-electron chi connectivity index (χ1n) is 8.32. The monoisotopic (exact) mass is 363 g/mol. The molecule has 0 spiro atoms. The Bertz CT molecular complexity index is 773. The zero-order chi connectivity index (χ0) is 18.0. The van der Waals surface area contributed by atoms with Gasteiger partial charge in [-0.15, -0.1) is 0 Å². The summed E-state index contributed by atoms with van der Waals surface area (Å²) in [5, 5.41) is 7.60. The predicted molar refractivity (Wildman–Crippen MR) is 95.6 cm³/mol. The Balaban J connectivity index is 1.74. The number of hydrogen-bond donors (Lipinski definition) is 1. The zero-order valence-electron chi connectivity index (χ0n) is 14.6. The standard InChI is InChI=1S/C18H22ClN3O3/c1-11(2)13(15-4-5-21-22(15)3)10-20-18(23)12-8-14(19)17-16(9-12)24-6-7-25-17/h4-5,8-9,11,13H,6-7,10H2,1-3H3,(H,20,23). The zero-order valence-corrected chi connectivity index (χ0v) is 15.3. The van der Waals surface area contributed by atoms with E-state index in [1.165, 1.54) is 0 Å². The first-order valence-corrected chi connectivity index (χ1v) is 8.70. The number of nitrogens with one attached hydrogen (secondary N) is 1. The van der Waals surface area contributed by atoms with E-state index in [2.05, 4.69) is 24.3 Å². The lowest BCUT2D eigenvalue weighted by atomic mass is 9.92. The van der Waals surface area contributed by atoms with E-state index < -0.39 is 0 Å². The minimum atomic E-state index is -0.188. The molecular weight excluding hydrogens is 342 g/mol. The second kappa shape index (κ2) is 7.35. The molecule has 25 heavy (non-hydrogen) atoms. The van der Waals surface area contributed by atoms with Crippen molar-refractivity contribution in [1.82, 2.24) is 15.1 Å². The lowest BCUT2D eigenvalue weighted by molar-refractivity contribution is 0.0947. The summed E-state index contributed by atoms with van der Waals surface area (Å²) in [6.07, 6.45) is 1.77. The molecule has 0 saturated carbocycles. The summed E-state index contributed by atoms with van der Waals surface area (Å²) in [7, 11) is 1.91. The fraction of sp³-hybridized carbons (Fsp3) is 0.444. The van der Waals surface area contributed by atoms with Gasteiger partial charge >= 0.3 is 0 Å². The molecule has 1 amide bonds. The van der Waals surface area contributed by atoms with Gasteiger partial charge in [0, 0.05) is 37.0 Å². The summed E-state index contributed by atoms with van der Waals surface area (Å²) < 4.78 is 12.9. The van der Waals surface area contributed by atoms with Crippen LogP contribution in [0.5, 0.6) is 11.5 Å². The first-order chi connectivity index (χ1) is 12.0. The highest BCUT2D eigenvalue weighted by molar-refractivity contribution is 6.32. The van der Waals surface area contributed by atoms with Crippen LogP contribution in [0.4, 0.5) is 0 Å². The molecule has 0 aliphatic carbocycles. The second-order valence-electron chi connectivity index (χ2n) is 6.42. The van der Waals surface area contributed by atoms with Gasteiger partial charge in [0.25, 0.3) is 5.91 Å². The lowest BCUT2D eigenvalue weighted by Crippen LogP contribution is -2.31. The smallest absolute Gasteiger partial charge is 0.251 e. The Labute approximate surface area is 152 Å². The molecular formula is C18H22ClN3O3. The summed E-state index contributed by atoms with van der Waals surface area (Å²) in [6, 6.07) is 5.26. The minimum absolute atomic E-state index is 0.170. The average molecular weight is 364 g/mol. The van der Waals surface area contributed by atoms with Crippen molar-refractivity contribution in [3.8, 4) is 11.5 Å². The average Bonchev–Trinajstić information content (AvgIpc) is 3.00. The van der Waals surface area contributed by atoms with Crippen LogP contribution in [0.1, 0.15) is 35.8 Å². The van der Waals surface area contributed by atoms with Crippen molar-refractivity contribution in [2.75, 3.05) is 19.8 Å². The number of carbonyl (C=O) groups is 1. The van der Waals surface area contributed by atoms with Gasteiger partial charge in [-0.25, -0.2) is 0 Å². The van der Waals surface area contributed by atoms with E-state index in [1.807, 2.05) is 17.8 Å². The van der Waals surface area contributed by atoms with Crippen molar-refractivity contribution in [1.29, 1.82) is 0 Å². The molecule has 1 aliphatic heterocycles. The number of rotatable bonds is 5. The third kappa shape index (κ3) is 3.74. The van der Waals surface area contributed by atoms with Gasteiger partial charge in [0.15, 0.2) is 11.5 Å². The van der Waals surface area contributed by atoms with E-state index in [1.54, 1.807) is 18.3 Å². The van der Waals surface area contributed by atoms with Gasteiger partial charge in [-0.05, 0) is 24.1 Å². The summed E-state index contributed by atoms with van der Waals surface area (Å²) in [5.74, 6) is 1.35. The van der Waals surface area contributed by atoms with Gasteiger partial charge < -0.3 is 14.8 Å². The molecule has 1 unspecified atom stereocenters. The van der Waals surface area contributed by atoms with Crippen LogP contribution in [0.25, 0.3) is 0 Å². The topological polar surface area (TPSA) is 65.4 Å². The van der Waals surface area contributed by atoms with Crippen LogP contribution in [0.2, 0.25) is 5.02 Å². The molecule has 2 aromatic rings. The van der Waals surface area contributed by atoms with Crippen molar-refractivity contribution in [2.24, 2.45) is 13.0 Å². The number of fused-ring (bicyclic) bond motifs is 1. The molecule has 6 nitrogen and oxygen atoms in total. The number of nitrogens with zero attached hydrogens (tertiary/aromatic N) is 2. The van der Waals surface area contributed by atoms with Crippen LogP contribution < -0.4 is 14.8 Å². The number of benzene rings is 1. The molecule has 1 atom stereocenters. The van der Waals surface area contributed by atoms with Crippen LogP contribution >= 0.6 is 11.6 Å². The Hall–Kier alpha value is -2.21. The van der Waals surface area contributed by atoms with Crippen LogP contribution in [0.15, 0.2) is 24.4 Å². The van der Waals surface area contributed by atoms with Crippen LogP contribution in [-0.2, 0) is 7.05 Å². The van der Waals surface area contributed by atoms with Crippen molar-refractivity contribution >= 4 is 17.5 Å². The Morgan fingerprint density at radius 1 is 1.36 bits per heavy atom. The largest absolute Gasteiger partial charge is 0.486 e. The summed E-state index contributed by atoms with van der Waals surface area (Å²) in [4.78, 5) is 12.6. The Morgan fingerprint density at radius 3 is 2.80 bits per heavy atom. The lowest BCUT2D eigenvalue weighted by Gasteiger charge is -2.22. The van der Waals surface area contributed by atoms with Crippen molar-refractivity contribution < 1.29 is 14.3 Å². The molecule has 1 aromatic heterocycles. The minimum Gasteiger partial charge on any atom is -0.486 e. The number of aromatic nitrogens is 2. The fourth-order valence-corrected chi connectivity index (χ4v) is 3.24. The van der Waals surface area contributed by atoms with Crippen LogP contribution in [0, 0.1) is 5.92 Å². The van der Waals surface area contributed by atoms with Gasteiger partial charge in [-0.1, -0.05) is 25.4 Å². The maximum atomic E-state index is 12.6. The van der Waals surface area contributed by atoms with E-state index in [0.29, 0.717) is 47.8 Å². The Morgan fingerprint density at radius 2 is 2.12 bits per heavy atom. The van der Waals surface area contributed by atoms with Gasteiger partial charge in [0.2, 0.25) is 0 Å². The van der Waals surface area contributed by atoms with Crippen LogP contribution in [0.3, 0.4) is 0 Å². The molecule has 0 bridgehead atoms. The number of halogens is 1. The molecule has 1 aromatic carbocycles. The van der Waals surface area contributed by atoms with Gasteiger partial charge in [-0.2, -0.15) is 5.10 Å². The number of aryl methyl sites for hydroxylation is 1. The van der Waals surface area contributed by atoms with Crippen LogP contribution in [-0.4, -0.2) is 35.4 Å². The quantitative estimate of drug-likeness (QED) is 0.886. The fourth-order valence-electron chi connectivity index (χ4n) is 2.98. The predicted octanol–water partition coefficient (Wildman–Crippen LogP) is 3.01. The molecule has 0 radical (unpaired) electrons. The molecule has 3 rings (SSSR count). The van der Waals surface area contributed by atoms with Crippen molar-refractivity contribution in [3.05, 3.63) is 40.7 Å². The summed E-state index contributed by atoms with van der Waals surface area (Å²) >= 11 is 6.21. The van der Waals surface area contributed by atoms with E-state index >= 15 is 0 Å². The summed E-state index contributed by atoms with van der Waals surface area (Å²) in [5.41, 5.74) is 1.55. The highest BCUT2D eigenvalue weighted by Crippen LogP contribution is 2.38. The molecule has 0 fully saturated rings. The summed E-state index contributed by atoms with van der Waals surface area (Å²) in [6.45, 7) is 5.68. The van der Waals surface area contributed by atoms with E-state index in [4.69, 9.17) is 21.1 Å². The second-order valence-corrected chi connectivity index (χ2v) is 6.83. The maximum Gasteiger partial charge on any atom is 0.251 e. The van der Waals surface area contributed by atoms with Crippen molar-refractivity contribution in [2.45, 2.75) is 19.8 Å². The molecule has 2 heterocycles. The SMILES string of the molecule is CC(C)C(CNC(=O)c1cc(Cl)c2c(c1)OCCO2)c1ccnn1C. The third-order valence-electron chi connectivity index (χ3n) is 4.39. The molecule has 1 aliphatic rings. The Kier molecular flexibility index (Phi) is 5.18. The normalized spacial score (nSPS) is 14.4. The number of hydrogen-bond acceptors (Lipinski definition) is 4. The van der Waals surface area contributed by atoms with E-state index in [9.17, 15) is 4.79 Å². The van der Waals surface area contributed by atoms with E-state index in [0.717, 1.165) is 5.69 Å². The van der Waals surface area contributed by atoms with Gasteiger partial charge in [0.1, 0.15) is 13.2 Å². The maximum absolute atomic E-state index is 12.6. The third-order valence-corrected chi connectivity index (χ3v) is 4.67. The molecule has 134 valence electrons. The molecule has 1 N–H and O–H groups in total. The number of ether oxygens (including phenoxy) is 2. The van der Waals surface area contributed by atoms with Gasteiger partial charge in [-0.3, -0.25) is 9.48 Å². The van der Waals surface area contributed by atoms with E-state index in [-0.39, 0.29) is 11.8 Å².